The van der Waals surface area contributed by atoms with E-state index in [4.69, 9.17) is 9.47 Å². The number of nitrogens with one attached hydrogen (secondary N) is 1. The molecule has 1 aromatic carbocycles. The number of ether oxygens (including phenoxy) is 2. The molecular weight excluding hydrogens is 332 g/mol. The molecule has 0 saturated carbocycles. The average Bonchev–Trinajstić information content (AvgIpc) is 2.59. The molecule has 2 heterocycles. The van der Waals surface area contributed by atoms with E-state index in [0.29, 0.717) is 19.7 Å². The van der Waals surface area contributed by atoms with Crippen molar-refractivity contribution in [2.75, 3.05) is 19.7 Å². The molecule has 3 rings (SSSR count). The number of rotatable bonds is 4. The number of pyridine rings is 1. The second-order valence-electron chi connectivity index (χ2n) is 7.19. The summed E-state index contributed by atoms with van der Waals surface area (Å²) in [6.45, 7) is 6.78. The lowest BCUT2D eigenvalue weighted by Gasteiger charge is -2.42. The van der Waals surface area contributed by atoms with Crippen LogP contribution in [0.1, 0.15) is 29.9 Å². The summed E-state index contributed by atoms with van der Waals surface area (Å²) in [5.74, 6) is 0.472. The van der Waals surface area contributed by atoms with Crippen molar-refractivity contribution in [3.8, 4) is 5.75 Å². The van der Waals surface area contributed by atoms with Crippen molar-refractivity contribution in [1.82, 2.24) is 9.88 Å². The lowest BCUT2D eigenvalue weighted by molar-refractivity contribution is -0.136. The van der Waals surface area contributed by atoms with Crippen molar-refractivity contribution in [1.29, 1.82) is 0 Å². The number of benzene rings is 1. The molecule has 0 spiro atoms. The second kappa shape index (κ2) is 7.33. The van der Waals surface area contributed by atoms with Crippen LogP contribution in [0.5, 0.6) is 5.75 Å². The van der Waals surface area contributed by atoms with E-state index in [9.17, 15) is 9.59 Å². The number of amides is 1. The number of aryl methyl sites for hydroxylation is 1. The van der Waals surface area contributed by atoms with Crippen LogP contribution in [0, 0.1) is 6.92 Å². The van der Waals surface area contributed by atoms with Crippen LogP contribution in [-0.2, 0) is 4.74 Å². The van der Waals surface area contributed by atoms with Crippen LogP contribution in [-0.4, -0.2) is 47.2 Å². The Morgan fingerprint density at radius 2 is 2.00 bits per heavy atom. The first-order chi connectivity index (χ1) is 12.3. The fourth-order valence-corrected chi connectivity index (χ4v) is 3.15. The molecule has 2 aromatic rings. The third-order valence-corrected chi connectivity index (χ3v) is 4.23. The summed E-state index contributed by atoms with van der Waals surface area (Å²) in [6.07, 6.45) is -0.271. The predicted octanol–water partition coefficient (Wildman–Crippen LogP) is 2.38. The standard InChI is InChI=1S/C20H24N2O4/c1-14-9-10-17(18(23)21-14)19(24)22-11-16(26-20(2,3)13-22)12-25-15-7-5-4-6-8-15/h4-10,16H,11-13H2,1-3H3,(H,21,23)/t16-/m1/s1. The minimum absolute atomic E-state index is 0.149. The minimum Gasteiger partial charge on any atom is -0.491 e. The number of aromatic nitrogens is 1. The Balaban J connectivity index is 1.72. The number of carbonyl (C=O) groups is 1. The summed E-state index contributed by atoms with van der Waals surface area (Å²) >= 11 is 0. The van der Waals surface area contributed by atoms with Crippen molar-refractivity contribution in [3.63, 3.8) is 0 Å². The van der Waals surface area contributed by atoms with E-state index in [-0.39, 0.29) is 23.1 Å². The van der Waals surface area contributed by atoms with Crippen molar-refractivity contribution in [2.45, 2.75) is 32.5 Å². The van der Waals surface area contributed by atoms with Crippen LogP contribution in [0.15, 0.2) is 47.3 Å². The number of morpholine rings is 1. The predicted molar refractivity (Wildman–Crippen MR) is 98.6 cm³/mol. The third kappa shape index (κ3) is 4.32. The molecule has 1 saturated heterocycles. The molecule has 1 aromatic heterocycles. The normalized spacial score (nSPS) is 19.2. The smallest absolute Gasteiger partial charge is 0.260 e. The molecule has 1 atom stereocenters. The molecule has 0 bridgehead atoms. The van der Waals surface area contributed by atoms with Gasteiger partial charge in [-0.05, 0) is 45.0 Å². The van der Waals surface area contributed by atoms with Crippen LogP contribution < -0.4 is 10.3 Å². The number of nitrogens with zero attached hydrogens (tertiary/aromatic N) is 1. The van der Waals surface area contributed by atoms with Gasteiger partial charge < -0.3 is 19.4 Å². The van der Waals surface area contributed by atoms with Crippen LogP contribution >= 0.6 is 0 Å². The molecular formula is C20H24N2O4. The van der Waals surface area contributed by atoms with Crippen molar-refractivity contribution < 1.29 is 14.3 Å². The molecule has 138 valence electrons. The van der Waals surface area contributed by atoms with E-state index < -0.39 is 5.60 Å². The first-order valence-corrected chi connectivity index (χ1v) is 8.69. The zero-order chi connectivity index (χ0) is 18.7. The fraction of sp³-hybridized carbons (Fsp3) is 0.400. The van der Waals surface area contributed by atoms with Gasteiger partial charge in [-0.2, -0.15) is 0 Å². The largest absolute Gasteiger partial charge is 0.491 e. The van der Waals surface area contributed by atoms with E-state index in [1.165, 1.54) is 0 Å². The Labute approximate surface area is 152 Å². The lowest BCUT2D eigenvalue weighted by Crippen LogP contribution is -2.56. The van der Waals surface area contributed by atoms with E-state index >= 15 is 0 Å². The van der Waals surface area contributed by atoms with Gasteiger partial charge in [0.1, 0.15) is 24.0 Å². The van der Waals surface area contributed by atoms with Crippen LogP contribution in [0.25, 0.3) is 0 Å². The van der Waals surface area contributed by atoms with Crippen molar-refractivity contribution >= 4 is 5.91 Å². The number of carbonyl (C=O) groups excluding carboxylic acids is 1. The third-order valence-electron chi connectivity index (χ3n) is 4.23. The molecule has 6 heteroatoms. The van der Waals surface area contributed by atoms with Crippen molar-refractivity contribution in [3.05, 3.63) is 64.1 Å². The molecule has 1 amide bonds. The Morgan fingerprint density at radius 3 is 2.69 bits per heavy atom. The van der Waals surface area contributed by atoms with Gasteiger partial charge in [0.2, 0.25) is 0 Å². The summed E-state index contributed by atoms with van der Waals surface area (Å²) in [4.78, 5) is 29.3. The zero-order valence-electron chi connectivity index (χ0n) is 15.3. The zero-order valence-corrected chi connectivity index (χ0v) is 15.3. The van der Waals surface area contributed by atoms with Crippen LogP contribution in [0.2, 0.25) is 0 Å². The number of H-pyrrole nitrogens is 1. The second-order valence-corrected chi connectivity index (χ2v) is 7.19. The van der Waals surface area contributed by atoms with Gasteiger partial charge in [0, 0.05) is 12.2 Å². The number of aromatic amines is 1. The van der Waals surface area contributed by atoms with Gasteiger partial charge >= 0.3 is 0 Å². The molecule has 0 radical (unpaired) electrons. The van der Waals surface area contributed by atoms with Crippen LogP contribution in [0.3, 0.4) is 0 Å². The monoisotopic (exact) mass is 356 g/mol. The molecule has 6 nitrogen and oxygen atoms in total. The molecule has 1 aliphatic heterocycles. The minimum atomic E-state index is -0.518. The quantitative estimate of drug-likeness (QED) is 0.913. The first-order valence-electron chi connectivity index (χ1n) is 8.69. The highest BCUT2D eigenvalue weighted by molar-refractivity contribution is 5.94. The molecule has 0 unspecified atom stereocenters. The van der Waals surface area contributed by atoms with E-state index in [1.54, 1.807) is 24.0 Å². The van der Waals surface area contributed by atoms with Gasteiger partial charge in [0.25, 0.3) is 11.5 Å². The Bertz CT molecular complexity index is 829. The van der Waals surface area contributed by atoms with Gasteiger partial charge in [-0.15, -0.1) is 0 Å². The number of hydrogen-bond donors (Lipinski definition) is 1. The highest BCUT2D eigenvalue weighted by atomic mass is 16.5. The van der Waals surface area contributed by atoms with Gasteiger partial charge in [-0.3, -0.25) is 9.59 Å². The maximum absolute atomic E-state index is 12.8. The summed E-state index contributed by atoms with van der Waals surface area (Å²) < 4.78 is 11.8. The highest BCUT2D eigenvalue weighted by Crippen LogP contribution is 2.23. The molecule has 1 N–H and O–H groups in total. The summed E-state index contributed by atoms with van der Waals surface area (Å²) in [7, 11) is 0. The van der Waals surface area contributed by atoms with Gasteiger partial charge in [0.05, 0.1) is 12.1 Å². The topological polar surface area (TPSA) is 71.6 Å². The Morgan fingerprint density at radius 1 is 1.27 bits per heavy atom. The molecule has 26 heavy (non-hydrogen) atoms. The summed E-state index contributed by atoms with van der Waals surface area (Å²) in [6, 6.07) is 12.8. The highest BCUT2D eigenvalue weighted by Gasteiger charge is 2.36. The van der Waals surface area contributed by atoms with Gasteiger partial charge in [-0.25, -0.2) is 0 Å². The fourth-order valence-electron chi connectivity index (χ4n) is 3.15. The summed E-state index contributed by atoms with van der Waals surface area (Å²) in [5.41, 5.74) is -0.00814. The number of para-hydroxylation sites is 1. The first kappa shape index (κ1) is 18.2. The molecule has 0 aliphatic carbocycles. The van der Waals surface area contributed by atoms with Gasteiger partial charge in [0.15, 0.2) is 0 Å². The lowest BCUT2D eigenvalue weighted by atomic mass is 10.0. The number of hydrogen-bond acceptors (Lipinski definition) is 4. The van der Waals surface area contributed by atoms with E-state index in [1.807, 2.05) is 44.2 Å². The van der Waals surface area contributed by atoms with E-state index in [0.717, 1.165) is 11.4 Å². The van der Waals surface area contributed by atoms with Crippen LogP contribution in [0.4, 0.5) is 0 Å². The van der Waals surface area contributed by atoms with Crippen molar-refractivity contribution in [2.24, 2.45) is 0 Å². The molecule has 1 aliphatic rings. The van der Waals surface area contributed by atoms with E-state index in [2.05, 4.69) is 4.98 Å². The SMILES string of the molecule is Cc1ccc(C(=O)N2C[C@H](COc3ccccc3)OC(C)(C)C2)c(=O)[nH]1. The Hall–Kier alpha value is -2.60. The average molecular weight is 356 g/mol. The Kier molecular flexibility index (Phi) is 5.13. The van der Waals surface area contributed by atoms with Gasteiger partial charge in [-0.1, -0.05) is 18.2 Å². The maximum Gasteiger partial charge on any atom is 0.260 e. The summed E-state index contributed by atoms with van der Waals surface area (Å²) in [5, 5.41) is 0. The maximum atomic E-state index is 12.8. The molecule has 1 fully saturated rings.